The van der Waals surface area contributed by atoms with Crippen molar-refractivity contribution in [1.82, 2.24) is 15.1 Å². The molecule has 0 saturated carbocycles. The highest BCUT2D eigenvalue weighted by molar-refractivity contribution is 5.71. The molecule has 2 aromatic carbocycles. The van der Waals surface area contributed by atoms with Crippen molar-refractivity contribution in [2.24, 2.45) is 0 Å². The average Bonchev–Trinajstić information content (AvgIpc) is 3.19. The fraction of sp³-hybridized carbons (Fsp3) is 0.0500. The van der Waals surface area contributed by atoms with Crippen molar-refractivity contribution in [2.45, 2.75) is 0 Å². The summed E-state index contributed by atoms with van der Waals surface area (Å²) in [4.78, 5) is 8.71. The van der Waals surface area contributed by atoms with Gasteiger partial charge in [0, 0.05) is 18.8 Å². The topological polar surface area (TPSA) is 63.8 Å². The summed E-state index contributed by atoms with van der Waals surface area (Å²) in [6, 6.07) is 17.8. The Morgan fingerprint density at radius 3 is 2.23 bits per heavy atom. The smallest absolute Gasteiger partial charge is 0.258 e. The first-order valence-electron chi connectivity index (χ1n) is 8.08. The molecule has 4 aromatic rings. The van der Waals surface area contributed by atoms with E-state index in [0.29, 0.717) is 17.5 Å². The van der Waals surface area contributed by atoms with Crippen LogP contribution in [-0.4, -0.2) is 22.2 Å². The van der Waals surface area contributed by atoms with Gasteiger partial charge in [-0.15, -0.1) is 0 Å². The average molecular weight is 346 g/mol. The van der Waals surface area contributed by atoms with Crippen LogP contribution in [0.4, 0.5) is 10.2 Å². The van der Waals surface area contributed by atoms with Crippen LogP contribution in [0, 0.1) is 5.82 Å². The summed E-state index contributed by atoms with van der Waals surface area (Å²) < 4.78 is 18.4. The lowest BCUT2D eigenvalue weighted by atomic mass is 10.0. The van der Waals surface area contributed by atoms with E-state index in [-0.39, 0.29) is 5.82 Å². The van der Waals surface area contributed by atoms with Crippen LogP contribution in [0.2, 0.25) is 0 Å². The fourth-order valence-electron chi connectivity index (χ4n) is 2.68. The maximum Gasteiger partial charge on any atom is 0.258 e. The molecule has 6 heteroatoms. The number of anilines is 1. The molecule has 0 fully saturated rings. The third-order valence-electron chi connectivity index (χ3n) is 4.02. The van der Waals surface area contributed by atoms with Crippen LogP contribution in [0.3, 0.4) is 0 Å². The van der Waals surface area contributed by atoms with Gasteiger partial charge in [-0.2, -0.15) is 4.98 Å². The zero-order valence-electron chi connectivity index (χ0n) is 14.0. The van der Waals surface area contributed by atoms with Crippen LogP contribution in [0.15, 0.2) is 71.4 Å². The van der Waals surface area contributed by atoms with Crippen molar-refractivity contribution in [3.8, 4) is 34.0 Å². The van der Waals surface area contributed by atoms with Crippen LogP contribution < -0.4 is 5.32 Å². The van der Waals surface area contributed by atoms with Crippen molar-refractivity contribution in [1.29, 1.82) is 0 Å². The second-order valence-corrected chi connectivity index (χ2v) is 5.66. The van der Waals surface area contributed by atoms with Gasteiger partial charge in [0.1, 0.15) is 11.6 Å². The number of aromatic nitrogens is 3. The number of pyridine rings is 1. The Balaban J connectivity index is 1.63. The zero-order valence-corrected chi connectivity index (χ0v) is 14.0. The Hall–Kier alpha value is -3.54. The van der Waals surface area contributed by atoms with Gasteiger partial charge in [-0.05, 0) is 47.5 Å². The van der Waals surface area contributed by atoms with Crippen LogP contribution in [-0.2, 0) is 0 Å². The Kier molecular flexibility index (Phi) is 4.15. The summed E-state index contributed by atoms with van der Waals surface area (Å²) >= 11 is 0. The van der Waals surface area contributed by atoms with Gasteiger partial charge in [0.2, 0.25) is 5.82 Å². The molecule has 0 saturated heterocycles. The molecule has 2 aromatic heterocycles. The number of hydrogen-bond acceptors (Lipinski definition) is 5. The molecule has 128 valence electrons. The Morgan fingerprint density at radius 2 is 1.54 bits per heavy atom. The molecule has 0 unspecified atom stereocenters. The van der Waals surface area contributed by atoms with E-state index in [1.165, 1.54) is 12.1 Å². The van der Waals surface area contributed by atoms with E-state index in [9.17, 15) is 4.39 Å². The molecule has 0 aliphatic heterocycles. The predicted octanol–water partition coefficient (Wildman–Crippen LogP) is 4.65. The lowest BCUT2D eigenvalue weighted by Gasteiger charge is -2.03. The molecule has 0 amide bonds. The first kappa shape index (κ1) is 16.0. The van der Waals surface area contributed by atoms with Crippen molar-refractivity contribution in [2.75, 3.05) is 12.4 Å². The van der Waals surface area contributed by atoms with Gasteiger partial charge >= 0.3 is 0 Å². The lowest BCUT2D eigenvalue weighted by molar-refractivity contribution is 0.432. The summed E-state index contributed by atoms with van der Waals surface area (Å²) in [6.45, 7) is 0. The maximum absolute atomic E-state index is 13.0. The minimum Gasteiger partial charge on any atom is -0.373 e. The third-order valence-corrected chi connectivity index (χ3v) is 4.02. The van der Waals surface area contributed by atoms with Gasteiger partial charge in [-0.25, -0.2) is 9.37 Å². The number of nitrogens with zero attached hydrogens (tertiary/aromatic N) is 3. The second kappa shape index (κ2) is 6.76. The molecule has 0 radical (unpaired) electrons. The van der Waals surface area contributed by atoms with Gasteiger partial charge in [0.25, 0.3) is 5.89 Å². The second-order valence-electron chi connectivity index (χ2n) is 5.66. The molecular weight excluding hydrogens is 331 g/mol. The Labute approximate surface area is 149 Å². The quantitative estimate of drug-likeness (QED) is 0.583. The van der Waals surface area contributed by atoms with Crippen LogP contribution >= 0.6 is 0 Å². The molecule has 2 heterocycles. The summed E-state index contributed by atoms with van der Waals surface area (Å²) in [5, 5.41) is 7.07. The van der Waals surface area contributed by atoms with E-state index in [1.54, 1.807) is 25.4 Å². The molecule has 1 N–H and O–H groups in total. The standard InChI is InChI=1S/C20H15FN4O/c1-22-18-17(3-2-12-23-18)19-24-20(26-25-19)15-6-4-13(5-7-15)14-8-10-16(21)11-9-14/h2-12H,1H3,(H,22,23). The van der Waals surface area contributed by atoms with E-state index >= 15 is 0 Å². The number of hydrogen-bond donors (Lipinski definition) is 1. The molecule has 0 atom stereocenters. The van der Waals surface area contributed by atoms with E-state index < -0.39 is 0 Å². The third kappa shape index (κ3) is 3.04. The summed E-state index contributed by atoms with van der Waals surface area (Å²) in [5.74, 6) is 1.34. The highest BCUT2D eigenvalue weighted by Gasteiger charge is 2.14. The van der Waals surface area contributed by atoms with Crippen molar-refractivity contribution < 1.29 is 8.91 Å². The van der Waals surface area contributed by atoms with E-state index in [4.69, 9.17) is 4.52 Å². The van der Waals surface area contributed by atoms with Crippen molar-refractivity contribution in [3.63, 3.8) is 0 Å². The zero-order chi connectivity index (χ0) is 17.9. The fourth-order valence-corrected chi connectivity index (χ4v) is 2.68. The largest absolute Gasteiger partial charge is 0.373 e. The van der Waals surface area contributed by atoms with Crippen molar-refractivity contribution in [3.05, 3.63) is 72.7 Å². The SMILES string of the molecule is CNc1ncccc1-c1noc(-c2ccc(-c3ccc(F)cc3)cc2)n1. The molecule has 4 rings (SSSR count). The number of halogens is 1. The lowest BCUT2D eigenvalue weighted by Crippen LogP contribution is -1.95. The maximum atomic E-state index is 13.0. The predicted molar refractivity (Wildman–Crippen MR) is 97.9 cm³/mol. The van der Waals surface area contributed by atoms with Crippen LogP contribution in [0.25, 0.3) is 34.0 Å². The number of rotatable bonds is 4. The molecule has 26 heavy (non-hydrogen) atoms. The van der Waals surface area contributed by atoms with Crippen LogP contribution in [0.5, 0.6) is 0 Å². The minimum atomic E-state index is -0.250. The van der Waals surface area contributed by atoms with E-state index in [1.807, 2.05) is 36.4 Å². The molecule has 0 spiro atoms. The van der Waals surface area contributed by atoms with Gasteiger partial charge in [-0.3, -0.25) is 0 Å². The monoisotopic (exact) mass is 346 g/mol. The van der Waals surface area contributed by atoms with Gasteiger partial charge in [-0.1, -0.05) is 29.4 Å². The van der Waals surface area contributed by atoms with Gasteiger partial charge in [0.15, 0.2) is 0 Å². The molecule has 0 aliphatic rings. The normalized spacial score (nSPS) is 10.7. The first-order chi connectivity index (χ1) is 12.7. The summed E-state index contributed by atoms with van der Waals surface area (Å²) in [7, 11) is 1.79. The highest BCUT2D eigenvalue weighted by atomic mass is 19.1. The van der Waals surface area contributed by atoms with Crippen LogP contribution in [0.1, 0.15) is 0 Å². The molecule has 0 aliphatic carbocycles. The summed E-state index contributed by atoms with van der Waals surface area (Å²) in [6.07, 6.45) is 1.70. The van der Waals surface area contributed by atoms with E-state index in [2.05, 4.69) is 20.4 Å². The van der Waals surface area contributed by atoms with E-state index in [0.717, 1.165) is 22.3 Å². The van der Waals surface area contributed by atoms with Gasteiger partial charge in [0.05, 0.1) is 5.56 Å². The summed E-state index contributed by atoms with van der Waals surface area (Å²) in [5.41, 5.74) is 3.51. The minimum absolute atomic E-state index is 0.250. The molecule has 0 bridgehead atoms. The molecule has 5 nitrogen and oxygen atoms in total. The van der Waals surface area contributed by atoms with Crippen molar-refractivity contribution >= 4 is 5.82 Å². The molecular formula is C20H15FN4O. The number of nitrogens with one attached hydrogen (secondary N) is 1. The van der Waals surface area contributed by atoms with Gasteiger partial charge < -0.3 is 9.84 Å². The number of benzene rings is 2. The highest BCUT2D eigenvalue weighted by Crippen LogP contribution is 2.28. The first-order valence-corrected chi connectivity index (χ1v) is 8.08. The Bertz CT molecular complexity index is 1030. The Morgan fingerprint density at radius 1 is 0.885 bits per heavy atom.